The molecular weight excluding hydrogens is 402 g/mol. The Hall–Kier alpha value is -2.52. The van der Waals surface area contributed by atoms with Gasteiger partial charge < -0.3 is 14.5 Å². The summed E-state index contributed by atoms with van der Waals surface area (Å²) in [5, 5.41) is 7.19. The summed E-state index contributed by atoms with van der Waals surface area (Å²) < 4.78 is 7.88. The van der Waals surface area contributed by atoms with Crippen LogP contribution in [0.5, 0.6) is 0 Å². The number of amides is 2. The number of rotatable bonds is 5. The number of hydrogen-bond acceptors (Lipinski definition) is 5. The van der Waals surface area contributed by atoms with Crippen molar-refractivity contribution in [3.05, 3.63) is 34.6 Å². The van der Waals surface area contributed by atoms with Crippen LogP contribution < -0.4 is 0 Å². The number of nitrogens with one attached hydrogen (secondary N) is 1. The Labute approximate surface area is 180 Å². The molecule has 0 spiro atoms. The van der Waals surface area contributed by atoms with Crippen LogP contribution in [-0.2, 0) is 20.9 Å². The quantitative estimate of drug-likeness (QED) is 0.737. The molecule has 2 aliphatic rings. The Balaban J connectivity index is 1.33. The van der Waals surface area contributed by atoms with Gasteiger partial charge in [-0.05, 0) is 38.0 Å². The summed E-state index contributed by atoms with van der Waals surface area (Å²) >= 11 is 5.37. The number of benzene rings is 1. The Morgan fingerprint density at radius 2 is 2.00 bits per heavy atom. The maximum Gasteiger partial charge on any atom is 0.251 e. The zero-order valence-electron chi connectivity index (χ0n) is 17.2. The number of ether oxygens (including phenoxy) is 1. The number of nitrogens with zero attached hydrogens (tertiary/aromatic N) is 4. The molecular formula is C21H27N5O3S. The number of carbonyl (C=O) groups is 2. The third-order valence-electron chi connectivity index (χ3n) is 5.73. The molecule has 1 atom stereocenters. The average molecular weight is 430 g/mol. The zero-order chi connectivity index (χ0) is 21.1. The van der Waals surface area contributed by atoms with Gasteiger partial charge in [-0.3, -0.25) is 19.3 Å². The fraction of sp³-hybridized carbons (Fsp3) is 0.524. The second-order valence-electron chi connectivity index (χ2n) is 7.83. The molecule has 4 rings (SSSR count). The second-order valence-corrected chi connectivity index (χ2v) is 8.22. The summed E-state index contributed by atoms with van der Waals surface area (Å²) in [4.78, 5) is 28.9. The van der Waals surface area contributed by atoms with E-state index in [-0.39, 0.29) is 17.9 Å². The minimum Gasteiger partial charge on any atom is -0.368 e. The molecule has 2 saturated heterocycles. The highest BCUT2D eigenvalue weighted by Crippen LogP contribution is 2.20. The molecule has 30 heavy (non-hydrogen) atoms. The third-order valence-corrected chi connectivity index (χ3v) is 6.04. The maximum absolute atomic E-state index is 12.8. The van der Waals surface area contributed by atoms with E-state index in [2.05, 4.69) is 10.2 Å². The van der Waals surface area contributed by atoms with Crippen LogP contribution in [0.4, 0.5) is 0 Å². The van der Waals surface area contributed by atoms with Crippen molar-refractivity contribution in [2.45, 2.75) is 38.8 Å². The number of H-pyrrole nitrogens is 1. The van der Waals surface area contributed by atoms with Crippen LogP contribution in [0.1, 0.15) is 24.8 Å². The number of hydrogen-bond donors (Lipinski definition) is 1. The number of aryl methyl sites for hydroxylation is 1. The van der Waals surface area contributed by atoms with Gasteiger partial charge in [0.05, 0.1) is 0 Å². The normalized spacial score (nSPS) is 19.3. The maximum atomic E-state index is 12.8. The fourth-order valence-corrected chi connectivity index (χ4v) is 4.27. The van der Waals surface area contributed by atoms with E-state index >= 15 is 0 Å². The van der Waals surface area contributed by atoms with Gasteiger partial charge in [-0.1, -0.05) is 23.8 Å². The molecule has 2 aliphatic heterocycles. The van der Waals surface area contributed by atoms with Crippen LogP contribution in [0.15, 0.2) is 24.3 Å². The second kappa shape index (κ2) is 9.09. The van der Waals surface area contributed by atoms with Crippen LogP contribution in [0, 0.1) is 11.7 Å². The van der Waals surface area contributed by atoms with E-state index in [1.54, 1.807) is 0 Å². The van der Waals surface area contributed by atoms with Crippen molar-refractivity contribution < 1.29 is 14.3 Å². The molecule has 1 aromatic heterocycles. The summed E-state index contributed by atoms with van der Waals surface area (Å²) in [6.45, 7) is 5.39. The lowest BCUT2D eigenvalue weighted by atomic mass is 10.1. The molecule has 2 amide bonds. The lowest BCUT2D eigenvalue weighted by Crippen LogP contribution is -2.52. The van der Waals surface area contributed by atoms with E-state index in [1.807, 2.05) is 45.6 Å². The molecule has 1 N–H and O–H groups in total. The lowest BCUT2D eigenvalue weighted by molar-refractivity contribution is -0.146. The molecule has 3 heterocycles. The van der Waals surface area contributed by atoms with E-state index in [0.29, 0.717) is 50.5 Å². The fourth-order valence-electron chi connectivity index (χ4n) is 4.05. The zero-order valence-corrected chi connectivity index (χ0v) is 18.0. The van der Waals surface area contributed by atoms with Crippen molar-refractivity contribution in [3.63, 3.8) is 0 Å². The molecule has 8 nitrogen and oxygen atoms in total. The van der Waals surface area contributed by atoms with Crippen LogP contribution in [0.3, 0.4) is 0 Å². The monoisotopic (exact) mass is 429 g/mol. The average Bonchev–Trinajstić information content (AvgIpc) is 3.42. The molecule has 1 aromatic carbocycles. The van der Waals surface area contributed by atoms with Gasteiger partial charge in [0.15, 0.2) is 10.6 Å². The molecule has 2 aromatic rings. The van der Waals surface area contributed by atoms with Gasteiger partial charge in [0, 0.05) is 51.3 Å². The molecule has 0 bridgehead atoms. The van der Waals surface area contributed by atoms with Crippen LogP contribution in [-0.4, -0.2) is 75.3 Å². The van der Waals surface area contributed by atoms with Crippen LogP contribution in [0.25, 0.3) is 11.4 Å². The van der Waals surface area contributed by atoms with E-state index in [4.69, 9.17) is 17.0 Å². The smallest absolute Gasteiger partial charge is 0.251 e. The first-order valence-corrected chi connectivity index (χ1v) is 10.8. The van der Waals surface area contributed by atoms with Crippen LogP contribution >= 0.6 is 12.2 Å². The molecule has 2 fully saturated rings. The molecule has 1 unspecified atom stereocenters. The van der Waals surface area contributed by atoms with Crippen LogP contribution in [0.2, 0.25) is 0 Å². The first-order chi connectivity index (χ1) is 14.5. The number of aromatic amines is 1. The summed E-state index contributed by atoms with van der Waals surface area (Å²) in [5.41, 5.74) is 2.11. The molecule has 9 heteroatoms. The van der Waals surface area contributed by atoms with Crippen molar-refractivity contribution in [3.8, 4) is 11.4 Å². The Bertz CT molecular complexity index is 971. The van der Waals surface area contributed by atoms with Gasteiger partial charge >= 0.3 is 0 Å². The molecule has 160 valence electrons. The molecule has 0 saturated carbocycles. The summed E-state index contributed by atoms with van der Waals surface area (Å²) in [6, 6.07) is 8.05. The number of aromatic nitrogens is 3. The Kier molecular flexibility index (Phi) is 6.29. The molecule has 0 radical (unpaired) electrons. The highest BCUT2D eigenvalue weighted by Gasteiger charge is 2.31. The Morgan fingerprint density at radius 1 is 1.23 bits per heavy atom. The Morgan fingerprint density at radius 3 is 2.70 bits per heavy atom. The lowest BCUT2D eigenvalue weighted by Gasteiger charge is -2.35. The van der Waals surface area contributed by atoms with Crippen molar-refractivity contribution in [1.82, 2.24) is 24.6 Å². The standard InChI is InChI=1S/C21H27N5O3S/c1-15-4-2-5-16(14-15)19-22-23-21(30)26(19)8-7-18(27)24-9-11-25(12-10-24)20(28)17-6-3-13-29-17/h2,4-5,14,17H,3,6-13H2,1H3,(H,23,30). The van der Waals surface area contributed by atoms with Gasteiger partial charge in [-0.15, -0.1) is 0 Å². The highest BCUT2D eigenvalue weighted by molar-refractivity contribution is 7.71. The van der Waals surface area contributed by atoms with E-state index in [0.717, 1.165) is 29.8 Å². The van der Waals surface area contributed by atoms with Gasteiger partial charge in [0.25, 0.3) is 5.91 Å². The van der Waals surface area contributed by atoms with Gasteiger partial charge in [-0.2, -0.15) is 5.10 Å². The third kappa shape index (κ3) is 4.46. The van der Waals surface area contributed by atoms with Crippen molar-refractivity contribution >= 4 is 24.0 Å². The number of carbonyl (C=O) groups excluding carboxylic acids is 2. The predicted octanol–water partition coefficient (Wildman–Crippen LogP) is 2.16. The minimum atomic E-state index is -0.296. The van der Waals surface area contributed by atoms with E-state index in [9.17, 15) is 9.59 Å². The van der Waals surface area contributed by atoms with Gasteiger partial charge in [0.1, 0.15) is 6.10 Å². The summed E-state index contributed by atoms with van der Waals surface area (Å²) in [6.07, 6.45) is 1.78. The SMILES string of the molecule is Cc1cccc(-c2n[nH]c(=S)n2CCC(=O)N2CCN(C(=O)C3CCCO3)CC2)c1. The summed E-state index contributed by atoms with van der Waals surface area (Å²) in [5.74, 6) is 0.869. The highest BCUT2D eigenvalue weighted by atomic mass is 32.1. The van der Waals surface area contributed by atoms with E-state index in [1.165, 1.54) is 0 Å². The largest absolute Gasteiger partial charge is 0.368 e. The minimum absolute atomic E-state index is 0.0621. The van der Waals surface area contributed by atoms with Crippen molar-refractivity contribution in [2.24, 2.45) is 0 Å². The number of piperazine rings is 1. The first-order valence-electron chi connectivity index (χ1n) is 10.4. The molecule has 0 aliphatic carbocycles. The van der Waals surface area contributed by atoms with Crippen molar-refractivity contribution in [1.29, 1.82) is 0 Å². The van der Waals surface area contributed by atoms with Gasteiger partial charge in [0.2, 0.25) is 5.91 Å². The van der Waals surface area contributed by atoms with E-state index < -0.39 is 0 Å². The van der Waals surface area contributed by atoms with Crippen molar-refractivity contribution in [2.75, 3.05) is 32.8 Å². The first kappa shape index (κ1) is 20.7. The van der Waals surface area contributed by atoms with Gasteiger partial charge in [-0.25, -0.2) is 0 Å². The topological polar surface area (TPSA) is 83.5 Å². The summed E-state index contributed by atoms with van der Waals surface area (Å²) in [7, 11) is 0. The predicted molar refractivity (Wildman–Crippen MR) is 114 cm³/mol.